The summed E-state index contributed by atoms with van der Waals surface area (Å²) in [5.74, 6) is -2.38. The Bertz CT molecular complexity index is 845. The molecule has 2 aliphatic heterocycles. The van der Waals surface area contributed by atoms with E-state index < -0.39 is 29.4 Å². The summed E-state index contributed by atoms with van der Waals surface area (Å²) < 4.78 is 19.8. The molecule has 2 saturated heterocycles. The predicted octanol–water partition coefficient (Wildman–Crippen LogP) is 0.394. The third-order valence-electron chi connectivity index (χ3n) is 5.03. The van der Waals surface area contributed by atoms with Crippen molar-refractivity contribution in [2.45, 2.75) is 50.2 Å². The molecule has 0 radical (unpaired) electrons. The summed E-state index contributed by atoms with van der Waals surface area (Å²) in [7, 11) is 0.276. The highest BCUT2D eigenvalue weighted by atomic mass is 31.1. The summed E-state index contributed by atoms with van der Waals surface area (Å²) >= 11 is 0. The van der Waals surface area contributed by atoms with Gasteiger partial charge in [0.1, 0.15) is 23.6 Å². The van der Waals surface area contributed by atoms with E-state index in [0.717, 1.165) is 0 Å². The zero-order valence-electron chi connectivity index (χ0n) is 14.8. The molecule has 0 bridgehead atoms. The van der Waals surface area contributed by atoms with E-state index in [1.54, 1.807) is 32.9 Å². The number of anilines is 1. The number of aliphatic hydroxyl groups excluding tert-OH is 1. The number of nitrogens with two attached hydrogens (primary N) is 1. The van der Waals surface area contributed by atoms with Crippen LogP contribution in [0, 0.1) is 0 Å². The largest absolute Gasteiger partial charge is 0.392 e. The molecule has 2 fully saturated rings. The van der Waals surface area contributed by atoms with Crippen LogP contribution in [0.5, 0.6) is 0 Å². The Morgan fingerprint density at radius 2 is 2.08 bits per heavy atom. The fraction of sp³-hybridized carbons (Fsp3) is 0.625. The van der Waals surface area contributed by atoms with Crippen LogP contribution in [-0.2, 0) is 20.0 Å². The van der Waals surface area contributed by atoms with Crippen LogP contribution in [0.25, 0.3) is 5.52 Å². The van der Waals surface area contributed by atoms with Crippen molar-refractivity contribution in [3.8, 4) is 0 Å². The van der Waals surface area contributed by atoms with Gasteiger partial charge in [0.05, 0.1) is 12.5 Å². The molecule has 0 aliphatic carbocycles. The van der Waals surface area contributed by atoms with Gasteiger partial charge in [-0.2, -0.15) is 5.10 Å². The molecular formula is C16H23N4O5P. The van der Waals surface area contributed by atoms with Gasteiger partial charge in [0.2, 0.25) is 5.79 Å². The molecule has 9 nitrogen and oxygen atoms in total. The van der Waals surface area contributed by atoms with Crippen LogP contribution in [0.15, 0.2) is 18.5 Å². The number of nitrogen functional groups attached to an aromatic ring is 1. The number of aliphatic hydroxyl groups is 2. The topological polar surface area (TPSA) is 124 Å². The average molecular weight is 382 g/mol. The van der Waals surface area contributed by atoms with Crippen molar-refractivity contribution in [3.63, 3.8) is 0 Å². The van der Waals surface area contributed by atoms with Gasteiger partial charge in [-0.15, -0.1) is 0 Å². The van der Waals surface area contributed by atoms with E-state index in [0.29, 0.717) is 23.2 Å². The zero-order valence-corrected chi connectivity index (χ0v) is 15.8. The zero-order chi connectivity index (χ0) is 18.7. The number of aromatic nitrogens is 3. The average Bonchev–Trinajstić information content (AvgIpc) is 3.16. The molecule has 2 aromatic heterocycles. The number of hydrogen-bond donors (Lipinski definition) is 3. The minimum atomic E-state index is -1.80. The van der Waals surface area contributed by atoms with E-state index in [1.807, 2.05) is 0 Å². The molecule has 0 spiro atoms. The molecule has 5 atom stereocenters. The second-order valence-corrected chi connectivity index (χ2v) is 8.45. The number of hydrogen-bond acceptors (Lipinski definition) is 8. The molecule has 142 valence electrons. The maximum Gasteiger partial charge on any atom is 0.243 e. The van der Waals surface area contributed by atoms with Crippen LogP contribution in [0.3, 0.4) is 0 Å². The molecule has 0 aromatic carbocycles. The molecule has 4 N–H and O–H groups in total. The lowest BCUT2D eigenvalue weighted by Crippen LogP contribution is -2.52. The van der Waals surface area contributed by atoms with E-state index in [9.17, 15) is 10.2 Å². The van der Waals surface area contributed by atoms with Crippen molar-refractivity contribution in [2.24, 2.45) is 0 Å². The van der Waals surface area contributed by atoms with E-state index in [2.05, 4.69) is 10.1 Å². The van der Waals surface area contributed by atoms with Gasteiger partial charge in [-0.25, -0.2) is 9.50 Å². The van der Waals surface area contributed by atoms with Crippen molar-refractivity contribution in [2.75, 3.05) is 18.2 Å². The molecule has 2 aliphatic rings. The molecular weight excluding hydrogens is 359 g/mol. The van der Waals surface area contributed by atoms with Crippen LogP contribution < -0.4 is 5.73 Å². The van der Waals surface area contributed by atoms with Crippen LogP contribution in [-0.4, -0.2) is 60.9 Å². The number of nitrogens with zero attached hydrogens (tertiary/aromatic N) is 3. The fourth-order valence-electron chi connectivity index (χ4n) is 3.98. The van der Waals surface area contributed by atoms with Crippen LogP contribution in [0.2, 0.25) is 0 Å². The highest BCUT2D eigenvalue weighted by Crippen LogP contribution is 2.55. The Kier molecular flexibility index (Phi) is 4.04. The van der Waals surface area contributed by atoms with Gasteiger partial charge in [-0.05, 0) is 39.1 Å². The van der Waals surface area contributed by atoms with Gasteiger partial charge < -0.3 is 30.2 Å². The smallest absolute Gasteiger partial charge is 0.243 e. The highest BCUT2D eigenvalue weighted by molar-refractivity contribution is 7.37. The second-order valence-electron chi connectivity index (χ2n) is 7.22. The van der Waals surface area contributed by atoms with E-state index in [1.165, 1.54) is 10.8 Å². The van der Waals surface area contributed by atoms with Gasteiger partial charge in [0, 0.05) is 0 Å². The van der Waals surface area contributed by atoms with Crippen LogP contribution in [0.4, 0.5) is 5.82 Å². The third-order valence-corrected chi connectivity index (χ3v) is 5.94. The lowest BCUT2D eigenvalue weighted by atomic mass is 9.88. The Balaban J connectivity index is 1.84. The number of fused-ring (bicyclic) bond motifs is 2. The second kappa shape index (κ2) is 5.82. The summed E-state index contributed by atoms with van der Waals surface area (Å²) in [4.78, 5) is 3.97. The summed E-state index contributed by atoms with van der Waals surface area (Å²) in [5.41, 5.74) is 5.71. The van der Waals surface area contributed by atoms with Crippen molar-refractivity contribution < 1.29 is 24.4 Å². The van der Waals surface area contributed by atoms with E-state index >= 15 is 0 Å². The lowest BCUT2D eigenvalue weighted by Gasteiger charge is -2.36. The van der Waals surface area contributed by atoms with Crippen LogP contribution >= 0.6 is 8.58 Å². The molecule has 2 aromatic rings. The Labute approximate surface area is 152 Å². The first-order valence-electron chi connectivity index (χ1n) is 8.40. The molecule has 0 saturated carbocycles. The summed E-state index contributed by atoms with van der Waals surface area (Å²) in [6.45, 7) is 5.38. The van der Waals surface area contributed by atoms with Gasteiger partial charge >= 0.3 is 0 Å². The molecule has 4 heterocycles. The quantitative estimate of drug-likeness (QED) is 0.649. The van der Waals surface area contributed by atoms with E-state index in [-0.39, 0.29) is 14.9 Å². The molecule has 2 unspecified atom stereocenters. The SMILES string of the molecule is CC1(C)O[C@@H]2[C@@H](CPCO)OC(O)(c3ccc4c(N)ncnn34)[C@]2(C)O1. The minimum Gasteiger partial charge on any atom is -0.392 e. The first-order chi connectivity index (χ1) is 12.2. The Morgan fingerprint density at radius 1 is 1.31 bits per heavy atom. The minimum absolute atomic E-state index is 0.0593. The molecule has 26 heavy (non-hydrogen) atoms. The molecule has 4 rings (SSSR count). The number of ether oxygens (including phenoxy) is 3. The third kappa shape index (κ3) is 2.39. The molecule has 10 heteroatoms. The van der Waals surface area contributed by atoms with Gasteiger partial charge in [-0.3, -0.25) is 0 Å². The Morgan fingerprint density at radius 3 is 2.81 bits per heavy atom. The summed E-state index contributed by atoms with van der Waals surface area (Å²) in [6.07, 6.45) is 1.01. The number of rotatable bonds is 4. The Hall–Kier alpha value is -1.35. The maximum atomic E-state index is 11.7. The standard InChI is InChI=1S/C16H23N4O5P/c1-14(2)24-12-10(6-26-8-21)23-16(22,15(12,3)25-14)11-5-4-9-13(17)18-7-19-20(9)11/h4-5,7,10,12,21-22,26H,6,8H2,1-3H3,(H2,17,18,19)/t10-,12-,15-,16?/m1/s1. The first-order valence-corrected chi connectivity index (χ1v) is 9.82. The van der Waals surface area contributed by atoms with E-state index in [4.69, 9.17) is 19.9 Å². The van der Waals surface area contributed by atoms with Gasteiger partial charge in [-0.1, -0.05) is 8.58 Å². The first kappa shape index (κ1) is 18.0. The van der Waals surface area contributed by atoms with Gasteiger partial charge in [0.25, 0.3) is 0 Å². The van der Waals surface area contributed by atoms with Crippen molar-refractivity contribution in [1.82, 2.24) is 14.6 Å². The fourth-order valence-corrected chi connectivity index (χ4v) is 4.69. The summed E-state index contributed by atoms with van der Waals surface area (Å²) in [5, 5.41) is 25.1. The maximum absolute atomic E-state index is 11.7. The highest BCUT2D eigenvalue weighted by Gasteiger charge is 2.71. The normalized spacial score (nSPS) is 36.3. The van der Waals surface area contributed by atoms with Crippen molar-refractivity contribution in [3.05, 3.63) is 24.2 Å². The van der Waals surface area contributed by atoms with Crippen molar-refractivity contribution in [1.29, 1.82) is 0 Å². The van der Waals surface area contributed by atoms with Crippen LogP contribution in [0.1, 0.15) is 26.5 Å². The van der Waals surface area contributed by atoms with Gasteiger partial charge in [0.15, 0.2) is 17.2 Å². The van der Waals surface area contributed by atoms with Crippen molar-refractivity contribution >= 4 is 19.9 Å². The predicted molar refractivity (Wildman–Crippen MR) is 94.9 cm³/mol. The lowest BCUT2D eigenvalue weighted by molar-refractivity contribution is -0.308. The molecule has 0 amide bonds. The monoisotopic (exact) mass is 382 g/mol. The summed E-state index contributed by atoms with van der Waals surface area (Å²) in [6, 6.07) is 3.43.